The number of anilines is 1. The summed E-state index contributed by atoms with van der Waals surface area (Å²) in [5.41, 5.74) is 1.85. The number of hydrogen-bond acceptors (Lipinski definition) is 2. The molecule has 1 aromatic heterocycles. The fourth-order valence-corrected chi connectivity index (χ4v) is 3.61. The number of carbonyl (C=O) groups is 2. The van der Waals surface area contributed by atoms with Crippen molar-refractivity contribution in [2.45, 2.75) is 33.2 Å². The molecule has 0 saturated heterocycles. The van der Waals surface area contributed by atoms with Gasteiger partial charge in [0.05, 0.1) is 3.57 Å². The van der Waals surface area contributed by atoms with Crippen LogP contribution in [0.2, 0.25) is 0 Å². The van der Waals surface area contributed by atoms with Crippen molar-refractivity contribution in [2.24, 2.45) is 7.05 Å². The first-order chi connectivity index (χ1) is 12.4. The lowest BCUT2D eigenvalue weighted by Gasteiger charge is -2.21. The van der Waals surface area contributed by atoms with Crippen LogP contribution in [-0.2, 0) is 11.8 Å². The SMILES string of the molecule is C=C(C(=O)NC(C)(C)C)c1cn(C)c(C(=O)Nc2ccc(F)c(C)c2)c1I. The standard InChI is InChI=1S/C20H23FIN3O2/c1-11-9-13(7-8-15(11)21)23-19(27)17-16(22)14(10-25(17)6)12(2)18(26)24-20(3,4)5/h7-10H,2H2,1,3-6H3,(H,23,27)(H,24,26). The molecule has 2 amide bonds. The van der Waals surface area contributed by atoms with Gasteiger partial charge in [-0.1, -0.05) is 6.58 Å². The molecular weight excluding hydrogens is 460 g/mol. The number of hydrogen-bond donors (Lipinski definition) is 2. The number of benzene rings is 1. The maximum absolute atomic E-state index is 13.4. The molecule has 0 radical (unpaired) electrons. The van der Waals surface area contributed by atoms with E-state index in [1.807, 2.05) is 43.4 Å². The summed E-state index contributed by atoms with van der Waals surface area (Å²) in [7, 11) is 1.73. The quantitative estimate of drug-likeness (QED) is 0.505. The van der Waals surface area contributed by atoms with Crippen LogP contribution < -0.4 is 10.6 Å². The lowest BCUT2D eigenvalue weighted by Crippen LogP contribution is -2.40. The number of nitrogens with zero attached hydrogens (tertiary/aromatic N) is 1. The Morgan fingerprint density at radius 2 is 1.89 bits per heavy atom. The van der Waals surface area contributed by atoms with E-state index < -0.39 is 0 Å². The number of nitrogens with one attached hydrogen (secondary N) is 2. The lowest BCUT2D eigenvalue weighted by atomic mass is 10.1. The van der Waals surface area contributed by atoms with Gasteiger partial charge in [-0.2, -0.15) is 0 Å². The van der Waals surface area contributed by atoms with Crippen molar-refractivity contribution < 1.29 is 14.0 Å². The third-order valence-corrected chi connectivity index (χ3v) is 4.93. The Hall–Kier alpha value is -2.16. The molecule has 0 aliphatic heterocycles. The maximum atomic E-state index is 13.4. The average Bonchev–Trinajstić information content (AvgIpc) is 2.83. The Balaban J connectivity index is 2.28. The molecule has 27 heavy (non-hydrogen) atoms. The molecule has 2 rings (SSSR count). The lowest BCUT2D eigenvalue weighted by molar-refractivity contribution is -0.116. The van der Waals surface area contributed by atoms with Crippen LogP contribution in [0.5, 0.6) is 0 Å². The molecule has 0 saturated carbocycles. The van der Waals surface area contributed by atoms with Gasteiger partial charge < -0.3 is 15.2 Å². The number of amides is 2. The Morgan fingerprint density at radius 1 is 1.26 bits per heavy atom. The van der Waals surface area contributed by atoms with E-state index in [0.717, 1.165) is 0 Å². The molecule has 0 aliphatic carbocycles. The molecule has 0 aliphatic rings. The smallest absolute Gasteiger partial charge is 0.273 e. The second kappa shape index (κ2) is 7.84. The first kappa shape index (κ1) is 21.1. The van der Waals surface area contributed by atoms with Crippen molar-refractivity contribution >= 4 is 45.7 Å². The van der Waals surface area contributed by atoms with E-state index in [1.165, 1.54) is 12.1 Å². The van der Waals surface area contributed by atoms with Crippen molar-refractivity contribution in [2.75, 3.05) is 5.32 Å². The normalized spacial score (nSPS) is 11.2. The second-order valence-electron chi connectivity index (χ2n) is 7.42. The second-order valence-corrected chi connectivity index (χ2v) is 8.50. The van der Waals surface area contributed by atoms with E-state index in [0.29, 0.717) is 31.7 Å². The third-order valence-electron chi connectivity index (χ3n) is 3.84. The minimum absolute atomic E-state index is 0.285. The summed E-state index contributed by atoms with van der Waals surface area (Å²) < 4.78 is 15.7. The first-order valence-corrected chi connectivity index (χ1v) is 9.42. The number of rotatable bonds is 4. The highest BCUT2D eigenvalue weighted by Gasteiger charge is 2.24. The monoisotopic (exact) mass is 483 g/mol. The highest BCUT2D eigenvalue weighted by Crippen LogP contribution is 2.26. The number of aromatic nitrogens is 1. The topological polar surface area (TPSA) is 63.1 Å². The van der Waals surface area contributed by atoms with Gasteiger partial charge in [-0.3, -0.25) is 9.59 Å². The molecule has 0 unspecified atom stereocenters. The summed E-state index contributed by atoms with van der Waals surface area (Å²) in [6.07, 6.45) is 1.71. The molecule has 1 aromatic carbocycles. The summed E-state index contributed by atoms with van der Waals surface area (Å²) in [5, 5.41) is 5.63. The maximum Gasteiger partial charge on any atom is 0.273 e. The van der Waals surface area contributed by atoms with Crippen LogP contribution in [-0.4, -0.2) is 21.9 Å². The molecule has 0 spiro atoms. The van der Waals surface area contributed by atoms with Crippen molar-refractivity contribution in [3.05, 3.63) is 57.2 Å². The predicted molar refractivity (Wildman–Crippen MR) is 114 cm³/mol. The number of aryl methyl sites for hydroxylation is 2. The van der Waals surface area contributed by atoms with Crippen LogP contribution in [0.1, 0.15) is 42.4 Å². The van der Waals surface area contributed by atoms with Crippen LogP contribution in [0, 0.1) is 16.3 Å². The molecule has 2 N–H and O–H groups in total. The van der Waals surface area contributed by atoms with Crippen LogP contribution in [0.3, 0.4) is 0 Å². The van der Waals surface area contributed by atoms with Crippen LogP contribution in [0.15, 0.2) is 31.0 Å². The van der Waals surface area contributed by atoms with E-state index in [2.05, 4.69) is 17.2 Å². The van der Waals surface area contributed by atoms with Gasteiger partial charge >= 0.3 is 0 Å². The van der Waals surface area contributed by atoms with E-state index >= 15 is 0 Å². The van der Waals surface area contributed by atoms with Crippen molar-refractivity contribution in [3.63, 3.8) is 0 Å². The molecule has 144 valence electrons. The summed E-state index contributed by atoms with van der Waals surface area (Å²) >= 11 is 2.04. The van der Waals surface area contributed by atoms with Gasteiger partial charge in [0.15, 0.2) is 0 Å². The summed E-state index contributed by atoms with van der Waals surface area (Å²) in [6, 6.07) is 4.39. The number of halogens is 2. The predicted octanol–water partition coefficient (Wildman–Crippen LogP) is 4.26. The van der Waals surface area contributed by atoms with Crippen molar-refractivity contribution in [1.29, 1.82) is 0 Å². The zero-order valence-corrected chi connectivity index (χ0v) is 18.2. The Kier molecular flexibility index (Phi) is 6.14. The highest BCUT2D eigenvalue weighted by molar-refractivity contribution is 14.1. The summed E-state index contributed by atoms with van der Waals surface area (Å²) in [5.74, 6) is -0.958. The largest absolute Gasteiger partial charge is 0.347 e. The van der Waals surface area contributed by atoms with Crippen LogP contribution >= 0.6 is 22.6 Å². The minimum atomic E-state index is -0.388. The molecule has 5 nitrogen and oxygen atoms in total. The molecule has 0 bridgehead atoms. The first-order valence-electron chi connectivity index (χ1n) is 8.35. The molecule has 0 fully saturated rings. The van der Waals surface area contributed by atoms with Crippen LogP contribution in [0.4, 0.5) is 10.1 Å². The highest BCUT2D eigenvalue weighted by atomic mass is 127. The van der Waals surface area contributed by atoms with Gasteiger partial charge in [0.25, 0.3) is 11.8 Å². The Bertz CT molecular complexity index is 926. The van der Waals surface area contributed by atoms with Gasteiger partial charge in [0, 0.05) is 35.6 Å². The van der Waals surface area contributed by atoms with Gasteiger partial charge in [-0.05, 0) is 74.0 Å². The zero-order valence-electron chi connectivity index (χ0n) is 16.0. The van der Waals surface area contributed by atoms with Gasteiger partial charge in [-0.25, -0.2) is 4.39 Å². The molecule has 2 aromatic rings. The number of carbonyl (C=O) groups excluding carboxylic acids is 2. The van der Waals surface area contributed by atoms with E-state index in [-0.39, 0.29) is 23.2 Å². The van der Waals surface area contributed by atoms with E-state index in [4.69, 9.17) is 0 Å². The fraction of sp³-hybridized carbons (Fsp3) is 0.300. The molecular formula is C20H23FIN3O2. The van der Waals surface area contributed by atoms with E-state index in [1.54, 1.807) is 30.8 Å². The van der Waals surface area contributed by atoms with Crippen molar-refractivity contribution in [3.8, 4) is 0 Å². The molecule has 1 heterocycles. The minimum Gasteiger partial charge on any atom is -0.347 e. The fourth-order valence-electron chi connectivity index (χ4n) is 2.52. The van der Waals surface area contributed by atoms with Crippen LogP contribution in [0.25, 0.3) is 5.57 Å². The summed E-state index contributed by atoms with van der Waals surface area (Å²) in [6.45, 7) is 11.2. The van der Waals surface area contributed by atoms with Gasteiger partial charge in [-0.15, -0.1) is 0 Å². The Morgan fingerprint density at radius 3 is 2.44 bits per heavy atom. The molecule has 7 heteroatoms. The molecule has 0 atom stereocenters. The van der Waals surface area contributed by atoms with Gasteiger partial charge in [0.1, 0.15) is 11.5 Å². The van der Waals surface area contributed by atoms with Crippen molar-refractivity contribution in [1.82, 2.24) is 9.88 Å². The van der Waals surface area contributed by atoms with E-state index in [9.17, 15) is 14.0 Å². The summed E-state index contributed by atoms with van der Waals surface area (Å²) in [4.78, 5) is 25.1. The zero-order chi connectivity index (χ0) is 20.5. The Labute approximate surface area is 172 Å². The average molecular weight is 483 g/mol. The van der Waals surface area contributed by atoms with Gasteiger partial charge in [0.2, 0.25) is 0 Å². The third kappa shape index (κ3) is 4.97.